The lowest BCUT2D eigenvalue weighted by Crippen LogP contribution is -2.49. The van der Waals surface area contributed by atoms with E-state index >= 15 is 0 Å². The number of hydrogen-bond acceptors (Lipinski definition) is 4. The molecule has 9 heteroatoms. The highest BCUT2D eigenvalue weighted by Crippen LogP contribution is 2.15. The monoisotopic (exact) mass is 334 g/mol. The minimum atomic E-state index is -3.29. The van der Waals surface area contributed by atoms with Gasteiger partial charge in [-0.1, -0.05) is 15.9 Å². The second-order valence-electron chi connectivity index (χ2n) is 3.81. The van der Waals surface area contributed by atoms with E-state index in [0.29, 0.717) is 19.4 Å². The lowest BCUT2D eigenvalue weighted by molar-refractivity contribution is 0.305. The van der Waals surface area contributed by atoms with E-state index in [1.54, 1.807) is 0 Å². The predicted octanol–water partition coefficient (Wildman–Crippen LogP) is -0.318. The molecule has 0 radical (unpaired) electrons. The number of alkyl halides is 1. The lowest BCUT2D eigenvalue weighted by Gasteiger charge is -2.31. The fourth-order valence-electron chi connectivity index (χ4n) is 1.66. The molecule has 0 aromatic heterocycles. The quantitative estimate of drug-likeness (QED) is 0.714. The summed E-state index contributed by atoms with van der Waals surface area (Å²) in [7, 11) is -6.58. The number of hydrogen-bond donors (Lipinski definition) is 1. The molecule has 1 unspecified atom stereocenters. The molecule has 16 heavy (non-hydrogen) atoms. The number of halogens is 1. The largest absolute Gasteiger partial charge is 0.224 e. The van der Waals surface area contributed by atoms with E-state index < -0.39 is 20.0 Å². The van der Waals surface area contributed by atoms with Crippen LogP contribution in [0.5, 0.6) is 0 Å². The van der Waals surface area contributed by atoms with Gasteiger partial charge in [-0.3, -0.25) is 0 Å². The molecule has 1 N–H and O–H groups in total. The van der Waals surface area contributed by atoms with Crippen molar-refractivity contribution in [3.63, 3.8) is 0 Å². The number of rotatable bonds is 4. The third-order valence-corrected chi connectivity index (χ3v) is 6.19. The van der Waals surface area contributed by atoms with Crippen LogP contribution < -0.4 is 4.72 Å². The Morgan fingerprint density at radius 2 is 2.00 bits per heavy atom. The average molecular weight is 335 g/mol. The molecule has 0 saturated carbocycles. The number of nitrogens with zero attached hydrogens (tertiary/aromatic N) is 1. The SMILES string of the molecule is CS(=O)(=O)NC1CCCN(S(=O)(=O)CBr)C1. The summed E-state index contributed by atoms with van der Waals surface area (Å²) in [6.45, 7) is 0.664. The first-order valence-electron chi connectivity index (χ1n) is 4.76. The van der Waals surface area contributed by atoms with Crippen LogP contribution in [-0.4, -0.2) is 51.2 Å². The van der Waals surface area contributed by atoms with Gasteiger partial charge in [0.15, 0.2) is 0 Å². The second kappa shape index (κ2) is 5.30. The summed E-state index contributed by atoms with van der Waals surface area (Å²) in [6.07, 6.45) is 2.41. The summed E-state index contributed by atoms with van der Waals surface area (Å²) in [6, 6.07) is -0.322. The first-order chi connectivity index (χ1) is 7.24. The highest BCUT2D eigenvalue weighted by atomic mass is 79.9. The molecule has 6 nitrogen and oxygen atoms in total. The average Bonchev–Trinajstić information content (AvgIpc) is 2.15. The smallest absolute Gasteiger partial charge is 0.213 e. The maximum absolute atomic E-state index is 11.6. The summed E-state index contributed by atoms with van der Waals surface area (Å²) < 4.78 is 48.8. The molecule has 0 amide bonds. The van der Waals surface area contributed by atoms with Crippen molar-refractivity contribution in [3.05, 3.63) is 0 Å². The topological polar surface area (TPSA) is 83.6 Å². The number of piperidine rings is 1. The van der Waals surface area contributed by atoms with Crippen LogP contribution in [0, 0.1) is 0 Å². The Kier molecular flexibility index (Phi) is 4.76. The van der Waals surface area contributed by atoms with Crippen molar-refractivity contribution < 1.29 is 16.8 Å². The Balaban J connectivity index is 2.68. The molecule has 1 heterocycles. The first kappa shape index (κ1) is 14.4. The Bertz CT molecular complexity index is 433. The summed E-state index contributed by atoms with van der Waals surface area (Å²) in [5.74, 6) is 0. The van der Waals surface area contributed by atoms with E-state index in [0.717, 1.165) is 6.26 Å². The van der Waals surface area contributed by atoms with Crippen molar-refractivity contribution in [2.24, 2.45) is 0 Å². The van der Waals surface area contributed by atoms with Gasteiger partial charge in [0, 0.05) is 19.1 Å². The Morgan fingerprint density at radius 3 is 2.50 bits per heavy atom. The van der Waals surface area contributed by atoms with E-state index in [1.165, 1.54) is 4.31 Å². The molecule has 0 aliphatic carbocycles. The van der Waals surface area contributed by atoms with E-state index in [-0.39, 0.29) is 17.2 Å². The summed E-state index contributed by atoms with van der Waals surface area (Å²) >= 11 is 2.92. The molecule has 0 bridgehead atoms. The van der Waals surface area contributed by atoms with Crippen molar-refractivity contribution in [1.29, 1.82) is 0 Å². The lowest BCUT2D eigenvalue weighted by atomic mass is 10.1. The molecule has 1 aliphatic heterocycles. The number of sulfonamides is 2. The van der Waals surface area contributed by atoms with Crippen molar-refractivity contribution >= 4 is 36.0 Å². The molecule has 0 aromatic carbocycles. The molecule has 1 saturated heterocycles. The van der Waals surface area contributed by atoms with Gasteiger partial charge in [-0.2, -0.15) is 4.31 Å². The van der Waals surface area contributed by atoms with Gasteiger partial charge < -0.3 is 0 Å². The van der Waals surface area contributed by atoms with Crippen LogP contribution in [0.25, 0.3) is 0 Å². The molecule has 1 rings (SSSR count). The maximum atomic E-state index is 11.6. The van der Waals surface area contributed by atoms with E-state index in [2.05, 4.69) is 20.7 Å². The van der Waals surface area contributed by atoms with E-state index in [9.17, 15) is 16.8 Å². The Labute approximate surface area is 105 Å². The second-order valence-corrected chi connectivity index (χ2v) is 8.86. The van der Waals surface area contributed by atoms with Gasteiger partial charge >= 0.3 is 0 Å². The molecular formula is C7H15BrN2O4S2. The van der Waals surface area contributed by atoms with Gasteiger partial charge in [-0.15, -0.1) is 0 Å². The van der Waals surface area contributed by atoms with Crippen LogP contribution in [0.15, 0.2) is 0 Å². The van der Waals surface area contributed by atoms with Crippen molar-refractivity contribution in [1.82, 2.24) is 9.03 Å². The molecule has 96 valence electrons. The molecule has 0 aromatic rings. The summed E-state index contributed by atoms with van der Waals surface area (Å²) in [5.41, 5.74) is 0. The maximum Gasteiger partial charge on any atom is 0.224 e. The number of nitrogens with one attached hydrogen (secondary N) is 1. The minimum Gasteiger partial charge on any atom is -0.213 e. The molecular weight excluding hydrogens is 320 g/mol. The van der Waals surface area contributed by atoms with Crippen LogP contribution in [0.1, 0.15) is 12.8 Å². The normalized spacial score (nSPS) is 24.5. The van der Waals surface area contributed by atoms with Crippen LogP contribution in [-0.2, 0) is 20.0 Å². The Morgan fingerprint density at radius 1 is 1.38 bits per heavy atom. The third kappa shape index (κ3) is 4.28. The van der Waals surface area contributed by atoms with Gasteiger partial charge in [0.25, 0.3) is 0 Å². The fourth-order valence-corrected chi connectivity index (χ4v) is 4.28. The van der Waals surface area contributed by atoms with Gasteiger partial charge in [-0.05, 0) is 12.8 Å². The molecule has 1 fully saturated rings. The van der Waals surface area contributed by atoms with E-state index in [4.69, 9.17) is 0 Å². The van der Waals surface area contributed by atoms with Gasteiger partial charge in [0.05, 0.1) is 6.26 Å². The van der Waals surface area contributed by atoms with Crippen molar-refractivity contribution in [3.8, 4) is 0 Å². The zero-order chi connectivity index (χ0) is 12.4. The van der Waals surface area contributed by atoms with Crippen LogP contribution >= 0.6 is 15.9 Å². The third-order valence-electron chi connectivity index (χ3n) is 2.30. The minimum absolute atomic E-state index is 0.133. The van der Waals surface area contributed by atoms with Crippen LogP contribution in [0.3, 0.4) is 0 Å². The molecule has 1 aliphatic rings. The predicted molar refractivity (Wildman–Crippen MR) is 65.3 cm³/mol. The standard InChI is InChI=1S/C7H15BrN2O4S2/c1-15(11,12)9-7-3-2-4-10(5-7)16(13,14)6-8/h7,9H,2-6H2,1H3. The highest BCUT2D eigenvalue weighted by Gasteiger charge is 2.29. The van der Waals surface area contributed by atoms with Crippen molar-refractivity contribution in [2.75, 3.05) is 24.0 Å². The summed E-state index contributed by atoms with van der Waals surface area (Å²) in [5, 5.41) is 0. The van der Waals surface area contributed by atoms with Crippen LogP contribution in [0.4, 0.5) is 0 Å². The zero-order valence-electron chi connectivity index (χ0n) is 8.89. The fraction of sp³-hybridized carbons (Fsp3) is 1.00. The summed E-state index contributed by atoms with van der Waals surface area (Å²) in [4.78, 5) is 0. The molecule has 0 spiro atoms. The van der Waals surface area contributed by atoms with Gasteiger partial charge in [0.1, 0.15) is 4.66 Å². The molecule has 1 atom stereocenters. The van der Waals surface area contributed by atoms with Gasteiger partial charge in [0.2, 0.25) is 20.0 Å². The highest BCUT2D eigenvalue weighted by molar-refractivity contribution is 9.10. The van der Waals surface area contributed by atoms with Crippen LogP contribution in [0.2, 0.25) is 0 Å². The van der Waals surface area contributed by atoms with E-state index in [1.807, 2.05) is 0 Å². The van der Waals surface area contributed by atoms with Gasteiger partial charge in [-0.25, -0.2) is 21.6 Å². The first-order valence-corrected chi connectivity index (χ1v) is 9.38. The zero-order valence-corrected chi connectivity index (χ0v) is 12.1. The Hall–Kier alpha value is 0.300. The van der Waals surface area contributed by atoms with Crippen molar-refractivity contribution in [2.45, 2.75) is 18.9 Å².